The Bertz CT molecular complexity index is 910. The molecule has 132 valence electrons. The molecule has 1 aromatic carbocycles. The topological polar surface area (TPSA) is 64.9 Å². The van der Waals surface area contributed by atoms with Crippen molar-refractivity contribution in [2.24, 2.45) is 0 Å². The van der Waals surface area contributed by atoms with Crippen molar-refractivity contribution in [1.29, 1.82) is 0 Å². The predicted molar refractivity (Wildman–Crippen MR) is 100 cm³/mol. The van der Waals surface area contributed by atoms with E-state index in [1.807, 2.05) is 24.4 Å². The second kappa shape index (κ2) is 8.33. The van der Waals surface area contributed by atoms with Gasteiger partial charge in [0.25, 0.3) is 5.56 Å². The van der Waals surface area contributed by atoms with Crippen LogP contribution in [0.4, 0.5) is 5.69 Å². The summed E-state index contributed by atoms with van der Waals surface area (Å²) < 4.78 is 12.5. The number of rotatable bonds is 8. The van der Waals surface area contributed by atoms with Crippen LogP contribution < -0.4 is 15.6 Å². The Balaban J connectivity index is 1.73. The number of hydrogen-bond acceptors (Lipinski definition) is 6. The number of aromatic nitrogens is 2. The zero-order chi connectivity index (χ0) is 17.6. The lowest BCUT2D eigenvalue weighted by Gasteiger charge is -2.14. The molecule has 0 atom stereocenters. The summed E-state index contributed by atoms with van der Waals surface area (Å²) in [5, 5.41) is 5.59. The van der Waals surface area contributed by atoms with Crippen LogP contribution in [0, 0.1) is 0 Å². The van der Waals surface area contributed by atoms with Gasteiger partial charge in [0.05, 0.1) is 29.6 Å². The minimum Gasteiger partial charge on any atom is -0.487 e. The first-order valence-corrected chi connectivity index (χ1v) is 9.13. The van der Waals surface area contributed by atoms with E-state index in [-0.39, 0.29) is 5.56 Å². The van der Waals surface area contributed by atoms with Crippen molar-refractivity contribution in [1.82, 2.24) is 9.38 Å². The smallest absolute Gasteiger partial charge is 0.258 e. The molecule has 2 heterocycles. The Morgan fingerprint density at radius 2 is 2.24 bits per heavy atom. The molecule has 2 aromatic heterocycles. The van der Waals surface area contributed by atoms with E-state index in [1.54, 1.807) is 12.3 Å². The van der Waals surface area contributed by atoms with Crippen LogP contribution in [0.2, 0.25) is 5.02 Å². The molecule has 0 unspecified atom stereocenters. The molecule has 0 aliphatic rings. The van der Waals surface area contributed by atoms with Crippen molar-refractivity contribution < 1.29 is 9.47 Å². The molecule has 0 saturated carbocycles. The number of halogens is 1. The van der Waals surface area contributed by atoms with E-state index in [2.05, 4.69) is 10.3 Å². The number of hydrogen-bond donors (Lipinski definition) is 1. The molecular formula is C17H18ClN3O3S. The lowest BCUT2D eigenvalue weighted by atomic mass is 10.2. The van der Waals surface area contributed by atoms with Gasteiger partial charge in [0.2, 0.25) is 0 Å². The molecular weight excluding hydrogens is 362 g/mol. The molecule has 3 rings (SSSR count). The maximum Gasteiger partial charge on any atom is 0.258 e. The maximum atomic E-state index is 12.0. The normalized spacial score (nSPS) is 11.0. The number of benzene rings is 1. The molecule has 0 amide bonds. The van der Waals surface area contributed by atoms with E-state index < -0.39 is 0 Å². The predicted octanol–water partition coefficient (Wildman–Crippen LogP) is 3.44. The van der Waals surface area contributed by atoms with Gasteiger partial charge in [-0.3, -0.25) is 9.20 Å². The summed E-state index contributed by atoms with van der Waals surface area (Å²) in [4.78, 5) is 17.2. The summed E-state index contributed by atoms with van der Waals surface area (Å²) in [6.45, 7) is 3.87. The Morgan fingerprint density at radius 3 is 3.08 bits per heavy atom. The van der Waals surface area contributed by atoms with Crippen LogP contribution in [-0.2, 0) is 11.3 Å². The number of nitrogens with zero attached hydrogens (tertiary/aromatic N) is 2. The van der Waals surface area contributed by atoms with Crippen LogP contribution in [-0.4, -0.2) is 29.2 Å². The fraction of sp³-hybridized carbons (Fsp3) is 0.294. The van der Waals surface area contributed by atoms with Crippen LogP contribution >= 0.6 is 22.9 Å². The zero-order valence-corrected chi connectivity index (χ0v) is 15.3. The zero-order valence-electron chi connectivity index (χ0n) is 13.7. The fourth-order valence-electron chi connectivity index (χ4n) is 2.31. The van der Waals surface area contributed by atoms with Gasteiger partial charge in [-0.1, -0.05) is 17.7 Å². The molecule has 3 aromatic rings. The van der Waals surface area contributed by atoms with Gasteiger partial charge in [-0.15, -0.1) is 11.3 Å². The highest BCUT2D eigenvalue weighted by molar-refractivity contribution is 7.15. The monoisotopic (exact) mass is 379 g/mol. The van der Waals surface area contributed by atoms with Crippen LogP contribution in [0.1, 0.15) is 12.6 Å². The number of para-hydroxylation sites is 1. The van der Waals surface area contributed by atoms with Gasteiger partial charge in [0.15, 0.2) is 10.7 Å². The van der Waals surface area contributed by atoms with Crippen LogP contribution in [0.15, 0.2) is 40.6 Å². The quantitative estimate of drug-likeness (QED) is 0.607. The van der Waals surface area contributed by atoms with Gasteiger partial charge >= 0.3 is 0 Å². The Morgan fingerprint density at radius 1 is 1.36 bits per heavy atom. The van der Waals surface area contributed by atoms with Gasteiger partial charge in [-0.2, -0.15) is 0 Å². The van der Waals surface area contributed by atoms with E-state index in [0.29, 0.717) is 47.8 Å². The SMILES string of the molecule is CCOCCOc1c(Cl)cccc1NCc1cc(=O)n2ccsc2n1. The summed E-state index contributed by atoms with van der Waals surface area (Å²) in [7, 11) is 0. The molecule has 8 heteroatoms. The number of thiazole rings is 1. The van der Waals surface area contributed by atoms with Crippen LogP contribution in [0.5, 0.6) is 5.75 Å². The van der Waals surface area contributed by atoms with Gasteiger partial charge in [0, 0.05) is 24.3 Å². The van der Waals surface area contributed by atoms with Crippen molar-refractivity contribution in [2.75, 3.05) is 25.1 Å². The summed E-state index contributed by atoms with van der Waals surface area (Å²) in [5.41, 5.74) is 1.31. The second-order valence-electron chi connectivity index (χ2n) is 5.16. The molecule has 25 heavy (non-hydrogen) atoms. The summed E-state index contributed by atoms with van der Waals surface area (Å²) in [6, 6.07) is 7.00. The minimum absolute atomic E-state index is 0.0951. The van der Waals surface area contributed by atoms with E-state index in [0.717, 1.165) is 5.69 Å². The highest BCUT2D eigenvalue weighted by Gasteiger charge is 2.10. The Kier molecular flexibility index (Phi) is 5.91. The summed E-state index contributed by atoms with van der Waals surface area (Å²) in [6.07, 6.45) is 1.72. The highest BCUT2D eigenvalue weighted by atomic mass is 35.5. The lowest BCUT2D eigenvalue weighted by Crippen LogP contribution is -2.15. The van der Waals surface area contributed by atoms with Gasteiger partial charge in [-0.25, -0.2) is 4.98 Å². The van der Waals surface area contributed by atoms with E-state index in [4.69, 9.17) is 21.1 Å². The molecule has 1 N–H and O–H groups in total. The molecule has 0 spiro atoms. The maximum absolute atomic E-state index is 12.0. The molecule has 6 nitrogen and oxygen atoms in total. The number of fused-ring (bicyclic) bond motifs is 1. The van der Waals surface area contributed by atoms with E-state index in [1.165, 1.54) is 21.8 Å². The average Bonchev–Trinajstić information content (AvgIpc) is 3.07. The number of anilines is 1. The average molecular weight is 380 g/mol. The van der Waals surface area contributed by atoms with Gasteiger partial charge in [-0.05, 0) is 19.1 Å². The van der Waals surface area contributed by atoms with Crippen LogP contribution in [0.3, 0.4) is 0 Å². The number of ether oxygens (including phenoxy) is 2. The Hall–Kier alpha value is -2.09. The van der Waals surface area contributed by atoms with Gasteiger partial charge < -0.3 is 14.8 Å². The summed E-state index contributed by atoms with van der Waals surface area (Å²) in [5.74, 6) is 0.567. The molecule has 0 aliphatic carbocycles. The number of nitrogens with one attached hydrogen (secondary N) is 1. The standard InChI is InChI=1S/C17H18ClN3O3S/c1-2-23-7-8-24-16-13(18)4-3-5-14(16)19-11-12-10-15(22)21-6-9-25-17(21)20-12/h3-6,9-10,19H,2,7-8,11H2,1H3. The van der Waals surface area contributed by atoms with Crippen molar-refractivity contribution in [3.63, 3.8) is 0 Å². The molecule has 0 fully saturated rings. The third-order valence-electron chi connectivity index (χ3n) is 3.46. The molecule has 0 bridgehead atoms. The molecule has 0 saturated heterocycles. The van der Waals surface area contributed by atoms with E-state index >= 15 is 0 Å². The van der Waals surface area contributed by atoms with Crippen molar-refractivity contribution in [2.45, 2.75) is 13.5 Å². The van der Waals surface area contributed by atoms with Gasteiger partial charge in [0.1, 0.15) is 6.61 Å². The molecule has 0 radical (unpaired) electrons. The highest BCUT2D eigenvalue weighted by Crippen LogP contribution is 2.33. The van der Waals surface area contributed by atoms with Crippen molar-refractivity contribution >= 4 is 33.6 Å². The second-order valence-corrected chi connectivity index (χ2v) is 6.44. The first-order chi connectivity index (χ1) is 12.2. The van der Waals surface area contributed by atoms with Crippen molar-refractivity contribution in [3.8, 4) is 5.75 Å². The Labute approximate surface area is 154 Å². The van der Waals surface area contributed by atoms with Crippen LogP contribution in [0.25, 0.3) is 4.96 Å². The van der Waals surface area contributed by atoms with E-state index in [9.17, 15) is 4.79 Å². The largest absolute Gasteiger partial charge is 0.487 e. The minimum atomic E-state index is -0.0951. The lowest BCUT2D eigenvalue weighted by molar-refractivity contribution is 0.110. The third-order valence-corrected chi connectivity index (χ3v) is 4.52. The molecule has 0 aliphatic heterocycles. The summed E-state index contributed by atoms with van der Waals surface area (Å²) >= 11 is 7.66. The fourth-order valence-corrected chi connectivity index (χ4v) is 3.27. The first-order valence-electron chi connectivity index (χ1n) is 7.87. The first kappa shape index (κ1) is 17.7. The third kappa shape index (κ3) is 4.31. The van der Waals surface area contributed by atoms with Crippen molar-refractivity contribution in [3.05, 3.63) is 56.9 Å².